The Morgan fingerprint density at radius 1 is 1.29 bits per heavy atom. The lowest BCUT2D eigenvalue weighted by atomic mass is 9.84. The average Bonchev–Trinajstić information content (AvgIpc) is 2.00. The number of carbonyl (C=O) groups is 2. The lowest BCUT2D eigenvalue weighted by Gasteiger charge is -2.20. The molecule has 2 atom stereocenters. The summed E-state index contributed by atoms with van der Waals surface area (Å²) in [5.74, 6) is 0.273. The van der Waals surface area contributed by atoms with Gasteiger partial charge < -0.3 is 4.79 Å². The van der Waals surface area contributed by atoms with Crippen LogP contribution >= 0.6 is 0 Å². The number of hydrogen-bond donors (Lipinski definition) is 0. The maximum Gasteiger partial charge on any atom is 0.136 e. The SMILES string of the molecule is CC(C=O)CC(C)C(=O)CC(C)(C)C. The van der Waals surface area contributed by atoms with Gasteiger partial charge in [-0.2, -0.15) is 0 Å². The van der Waals surface area contributed by atoms with E-state index in [0.717, 1.165) is 6.29 Å². The molecular formula is C12H22O2. The molecule has 0 saturated carbocycles. The highest BCUT2D eigenvalue weighted by molar-refractivity contribution is 5.81. The summed E-state index contributed by atoms with van der Waals surface area (Å²) in [5, 5.41) is 0. The lowest BCUT2D eigenvalue weighted by Crippen LogP contribution is -2.20. The summed E-state index contributed by atoms with van der Waals surface area (Å²) in [4.78, 5) is 22.1. The highest BCUT2D eigenvalue weighted by Gasteiger charge is 2.21. The van der Waals surface area contributed by atoms with Gasteiger partial charge in [0.1, 0.15) is 12.1 Å². The van der Waals surface area contributed by atoms with E-state index >= 15 is 0 Å². The van der Waals surface area contributed by atoms with E-state index in [2.05, 4.69) is 20.8 Å². The molecule has 0 spiro atoms. The van der Waals surface area contributed by atoms with Crippen molar-refractivity contribution in [1.82, 2.24) is 0 Å². The van der Waals surface area contributed by atoms with Gasteiger partial charge in [0, 0.05) is 18.3 Å². The largest absolute Gasteiger partial charge is 0.303 e. The van der Waals surface area contributed by atoms with Crippen LogP contribution in [0, 0.1) is 17.3 Å². The first kappa shape index (κ1) is 13.3. The number of ketones is 1. The second kappa shape index (κ2) is 5.28. The molecule has 0 aromatic rings. The number of hydrogen-bond acceptors (Lipinski definition) is 2. The summed E-state index contributed by atoms with van der Waals surface area (Å²) in [6.45, 7) is 9.93. The smallest absolute Gasteiger partial charge is 0.136 e. The topological polar surface area (TPSA) is 34.1 Å². The van der Waals surface area contributed by atoms with E-state index in [4.69, 9.17) is 0 Å². The summed E-state index contributed by atoms with van der Waals surface area (Å²) in [7, 11) is 0. The van der Waals surface area contributed by atoms with Crippen LogP contribution in [0.4, 0.5) is 0 Å². The second-order valence-corrected chi connectivity index (χ2v) is 5.45. The minimum atomic E-state index is -0.00563. The molecule has 0 amide bonds. The van der Waals surface area contributed by atoms with Gasteiger partial charge in [-0.3, -0.25) is 4.79 Å². The fourth-order valence-corrected chi connectivity index (χ4v) is 1.44. The molecule has 0 N–H and O–H groups in total. The van der Waals surface area contributed by atoms with Crippen LogP contribution in [0.5, 0.6) is 0 Å². The van der Waals surface area contributed by atoms with E-state index in [9.17, 15) is 9.59 Å². The van der Waals surface area contributed by atoms with E-state index in [1.807, 2.05) is 13.8 Å². The van der Waals surface area contributed by atoms with Crippen molar-refractivity contribution >= 4 is 12.1 Å². The zero-order valence-corrected chi connectivity index (χ0v) is 9.96. The molecule has 0 aliphatic carbocycles. The summed E-state index contributed by atoms with van der Waals surface area (Å²) in [6.07, 6.45) is 2.19. The van der Waals surface area contributed by atoms with Crippen molar-refractivity contribution in [2.24, 2.45) is 17.3 Å². The molecule has 2 unspecified atom stereocenters. The van der Waals surface area contributed by atoms with E-state index < -0.39 is 0 Å². The third-order valence-electron chi connectivity index (χ3n) is 2.21. The van der Waals surface area contributed by atoms with Crippen LogP contribution in [0.3, 0.4) is 0 Å². The summed E-state index contributed by atoms with van der Waals surface area (Å²) >= 11 is 0. The number of Topliss-reactive ketones (excluding diaryl/α,β-unsaturated/α-hetero) is 1. The first-order valence-corrected chi connectivity index (χ1v) is 5.24. The summed E-state index contributed by atoms with van der Waals surface area (Å²) < 4.78 is 0. The molecule has 0 aromatic heterocycles. The van der Waals surface area contributed by atoms with E-state index in [1.165, 1.54) is 0 Å². The van der Waals surface area contributed by atoms with E-state index in [0.29, 0.717) is 12.8 Å². The van der Waals surface area contributed by atoms with Crippen LogP contribution in [0.1, 0.15) is 47.5 Å². The standard InChI is InChI=1S/C12H22O2/c1-9(8-13)6-10(2)11(14)7-12(3,4)5/h8-10H,6-7H2,1-5H3. The van der Waals surface area contributed by atoms with E-state index in [1.54, 1.807) is 0 Å². The number of aldehydes is 1. The molecular weight excluding hydrogens is 176 g/mol. The molecule has 0 rings (SSSR count). The van der Waals surface area contributed by atoms with Crippen LogP contribution < -0.4 is 0 Å². The van der Waals surface area contributed by atoms with Crippen molar-refractivity contribution in [2.45, 2.75) is 47.5 Å². The number of rotatable bonds is 5. The molecule has 2 nitrogen and oxygen atoms in total. The predicted molar refractivity (Wildman–Crippen MR) is 58.1 cm³/mol. The molecule has 0 aliphatic heterocycles. The van der Waals surface area contributed by atoms with Gasteiger partial charge in [-0.25, -0.2) is 0 Å². The molecule has 0 fully saturated rings. The fraction of sp³-hybridized carbons (Fsp3) is 0.833. The lowest BCUT2D eigenvalue weighted by molar-refractivity contribution is -0.124. The zero-order valence-electron chi connectivity index (χ0n) is 9.96. The van der Waals surface area contributed by atoms with Crippen LogP contribution in [-0.2, 0) is 9.59 Å². The Kier molecular flexibility index (Phi) is 5.03. The molecule has 14 heavy (non-hydrogen) atoms. The molecule has 0 bridgehead atoms. The molecule has 0 aliphatic rings. The van der Waals surface area contributed by atoms with Crippen molar-refractivity contribution in [2.75, 3.05) is 0 Å². The van der Waals surface area contributed by atoms with Crippen LogP contribution in [0.2, 0.25) is 0 Å². The first-order chi connectivity index (χ1) is 6.26. The average molecular weight is 198 g/mol. The van der Waals surface area contributed by atoms with Crippen molar-refractivity contribution in [1.29, 1.82) is 0 Å². The van der Waals surface area contributed by atoms with Gasteiger partial charge in [-0.15, -0.1) is 0 Å². The second-order valence-electron chi connectivity index (χ2n) is 5.45. The number of carbonyl (C=O) groups excluding carboxylic acids is 2. The maximum absolute atomic E-state index is 11.7. The van der Waals surface area contributed by atoms with Gasteiger partial charge >= 0.3 is 0 Å². The highest BCUT2D eigenvalue weighted by Crippen LogP contribution is 2.23. The van der Waals surface area contributed by atoms with Crippen LogP contribution in [0.15, 0.2) is 0 Å². The Labute approximate surface area is 87.1 Å². The van der Waals surface area contributed by atoms with Gasteiger partial charge in [0.05, 0.1) is 0 Å². The molecule has 0 radical (unpaired) electrons. The molecule has 0 aromatic carbocycles. The summed E-state index contributed by atoms with van der Waals surface area (Å²) in [6, 6.07) is 0. The Morgan fingerprint density at radius 2 is 1.79 bits per heavy atom. The first-order valence-electron chi connectivity index (χ1n) is 5.24. The van der Waals surface area contributed by atoms with Gasteiger partial charge in [0.2, 0.25) is 0 Å². The molecule has 2 heteroatoms. The monoisotopic (exact) mass is 198 g/mol. The Hall–Kier alpha value is -0.660. The van der Waals surface area contributed by atoms with E-state index in [-0.39, 0.29) is 23.0 Å². The fourth-order valence-electron chi connectivity index (χ4n) is 1.44. The molecule has 0 heterocycles. The Morgan fingerprint density at radius 3 is 2.14 bits per heavy atom. The zero-order chi connectivity index (χ0) is 11.4. The van der Waals surface area contributed by atoms with Crippen molar-refractivity contribution in [3.63, 3.8) is 0 Å². The summed E-state index contributed by atoms with van der Waals surface area (Å²) in [5.41, 5.74) is 0.0513. The Balaban J connectivity index is 4.06. The van der Waals surface area contributed by atoms with Crippen molar-refractivity contribution in [3.8, 4) is 0 Å². The van der Waals surface area contributed by atoms with Crippen LogP contribution in [0.25, 0.3) is 0 Å². The minimum Gasteiger partial charge on any atom is -0.303 e. The molecule has 0 saturated heterocycles. The highest BCUT2D eigenvalue weighted by atomic mass is 16.1. The minimum absolute atomic E-state index is 0.00563. The van der Waals surface area contributed by atoms with Gasteiger partial charge in [0.15, 0.2) is 0 Å². The maximum atomic E-state index is 11.7. The normalized spacial score (nSPS) is 16.1. The van der Waals surface area contributed by atoms with Gasteiger partial charge in [-0.1, -0.05) is 34.6 Å². The van der Waals surface area contributed by atoms with Crippen LogP contribution in [-0.4, -0.2) is 12.1 Å². The third-order valence-corrected chi connectivity index (χ3v) is 2.21. The molecule has 82 valence electrons. The third kappa shape index (κ3) is 5.90. The van der Waals surface area contributed by atoms with Gasteiger partial charge in [0.25, 0.3) is 0 Å². The Bertz CT molecular complexity index is 201. The quantitative estimate of drug-likeness (QED) is 0.636. The van der Waals surface area contributed by atoms with Crippen molar-refractivity contribution < 1.29 is 9.59 Å². The van der Waals surface area contributed by atoms with Gasteiger partial charge in [-0.05, 0) is 11.8 Å². The van der Waals surface area contributed by atoms with Crippen molar-refractivity contribution in [3.05, 3.63) is 0 Å². The predicted octanol–water partition coefficient (Wildman–Crippen LogP) is 2.85.